The van der Waals surface area contributed by atoms with Crippen molar-refractivity contribution >= 4 is 27.9 Å². The van der Waals surface area contributed by atoms with Crippen molar-refractivity contribution in [2.75, 3.05) is 11.9 Å². The molecule has 0 bridgehead atoms. The van der Waals surface area contributed by atoms with Gasteiger partial charge in [-0.1, -0.05) is 17.4 Å². The van der Waals surface area contributed by atoms with Crippen LogP contribution >= 0.6 is 11.3 Å². The molecule has 0 aliphatic carbocycles. The molecule has 7 nitrogen and oxygen atoms in total. The highest BCUT2D eigenvalue weighted by Crippen LogP contribution is 2.27. The molecule has 0 fully saturated rings. The van der Waals surface area contributed by atoms with Crippen molar-refractivity contribution in [1.29, 1.82) is 0 Å². The minimum absolute atomic E-state index is 0.0209. The summed E-state index contributed by atoms with van der Waals surface area (Å²) < 4.78 is 1.48. The fourth-order valence-electron chi connectivity index (χ4n) is 1.94. The summed E-state index contributed by atoms with van der Waals surface area (Å²) in [5, 5.41) is 15.9. The van der Waals surface area contributed by atoms with E-state index in [1.165, 1.54) is 15.7 Å². The van der Waals surface area contributed by atoms with Crippen molar-refractivity contribution in [2.45, 2.75) is 6.42 Å². The van der Waals surface area contributed by atoms with E-state index < -0.39 is 4.92 Å². The van der Waals surface area contributed by atoms with Gasteiger partial charge in [0.05, 0.1) is 0 Å². The lowest BCUT2D eigenvalue weighted by Crippen LogP contribution is -2.07. The summed E-state index contributed by atoms with van der Waals surface area (Å²) in [6.45, 7) is 0.567. The molecular formula is C12H11N5O2S. The molecule has 0 aliphatic heterocycles. The van der Waals surface area contributed by atoms with E-state index in [-0.39, 0.29) is 5.82 Å². The molecular weight excluding hydrogens is 278 g/mol. The molecule has 102 valence electrons. The molecule has 0 radical (unpaired) electrons. The van der Waals surface area contributed by atoms with Crippen LogP contribution in [-0.2, 0) is 6.42 Å². The highest BCUT2D eigenvalue weighted by atomic mass is 32.1. The number of thiazole rings is 1. The topological polar surface area (TPSA) is 85.4 Å². The Labute approximate surface area is 118 Å². The SMILES string of the molecule is O=[N+]([O-])c1c(NCCc2cccnc2)nc2sccn12. The molecule has 0 spiro atoms. The van der Waals surface area contributed by atoms with Crippen LogP contribution in [0.3, 0.4) is 0 Å². The average molecular weight is 289 g/mol. The second-order valence-corrected chi connectivity index (χ2v) is 5.01. The standard InChI is InChI=1S/C12H11N5O2S/c18-17(19)11-10(15-12-16(11)6-7-20-12)14-5-3-9-2-1-4-13-8-9/h1-2,4,6-8,14H,3,5H2. The molecule has 0 aliphatic rings. The quantitative estimate of drug-likeness (QED) is 0.575. The first kappa shape index (κ1) is 12.5. The number of pyridine rings is 1. The second-order valence-electron chi connectivity index (χ2n) is 4.13. The molecule has 3 aromatic rings. The Morgan fingerprint density at radius 3 is 3.15 bits per heavy atom. The lowest BCUT2D eigenvalue weighted by molar-refractivity contribution is -0.389. The van der Waals surface area contributed by atoms with Gasteiger partial charge in [0.25, 0.3) is 4.96 Å². The molecule has 3 aromatic heterocycles. The van der Waals surface area contributed by atoms with E-state index in [4.69, 9.17) is 0 Å². The van der Waals surface area contributed by atoms with Gasteiger partial charge < -0.3 is 15.4 Å². The number of nitro groups is 1. The summed E-state index contributed by atoms with van der Waals surface area (Å²) in [7, 11) is 0. The largest absolute Gasteiger partial charge is 0.372 e. The van der Waals surface area contributed by atoms with Crippen LogP contribution in [0.25, 0.3) is 4.96 Å². The number of rotatable bonds is 5. The van der Waals surface area contributed by atoms with Gasteiger partial charge in [-0.2, -0.15) is 9.38 Å². The van der Waals surface area contributed by atoms with Gasteiger partial charge in [0.1, 0.15) is 6.20 Å². The van der Waals surface area contributed by atoms with E-state index in [2.05, 4.69) is 15.3 Å². The average Bonchev–Trinajstić information content (AvgIpc) is 2.99. The predicted octanol–water partition coefficient (Wildman–Crippen LogP) is 2.35. The van der Waals surface area contributed by atoms with E-state index >= 15 is 0 Å². The molecule has 3 heterocycles. The van der Waals surface area contributed by atoms with Crippen LogP contribution in [0, 0.1) is 10.1 Å². The molecule has 20 heavy (non-hydrogen) atoms. The zero-order chi connectivity index (χ0) is 13.9. The zero-order valence-corrected chi connectivity index (χ0v) is 11.2. The third-order valence-electron chi connectivity index (χ3n) is 2.84. The Kier molecular flexibility index (Phi) is 3.30. The van der Waals surface area contributed by atoms with E-state index in [9.17, 15) is 10.1 Å². The van der Waals surface area contributed by atoms with E-state index in [0.717, 1.165) is 12.0 Å². The molecule has 0 atom stereocenters. The highest BCUT2D eigenvalue weighted by molar-refractivity contribution is 7.15. The van der Waals surface area contributed by atoms with Gasteiger partial charge in [0.15, 0.2) is 0 Å². The number of nitrogens with one attached hydrogen (secondary N) is 1. The number of nitrogens with zero attached hydrogens (tertiary/aromatic N) is 4. The summed E-state index contributed by atoms with van der Waals surface area (Å²) in [6, 6.07) is 3.83. The van der Waals surface area contributed by atoms with Gasteiger partial charge in [0.2, 0.25) is 5.82 Å². The maximum atomic E-state index is 11.1. The molecule has 0 unspecified atom stereocenters. The van der Waals surface area contributed by atoms with Gasteiger partial charge in [-0.05, 0) is 23.0 Å². The minimum Gasteiger partial charge on any atom is -0.363 e. The fourth-order valence-corrected chi connectivity index (χ4v) is 2.65. The molecule has 0 amide bonds. The van der Waals surface area contributed by atoms with Crippen molar-refractivity contribution in [3.63, 3.8) is 0 Å². The maximum Gasteiger partial charge on any atom is 0.372 e. The predicted molar refractivity (Wildman–Crippen MR) is 76.2 cm³/mol. The first-order valence-corrected chi connectivity index (χ1v) is 6.86. The number of hydrogen-bond acceptors (Lipinski definition) is 6. The van der Waals surface area contributed by atoms with Crippen LogP contribution in [0.2, 0.25) is 0 Å². The maximum absolute atomic E-state index is 11.1. The van der Waals surface area contributed by atoms with Crippen LogP contribution < -0.4 is 5.32 Å². The molecule has 0 saturated heterocycles. The first-order chi connectivity index (χ1) is 9.75. The molecule has 8 heteroatoms. The van der Waals surface area contributed by atoms with Gasteiger partial charge in [-0.15, -0.1) is 0 Å². The Morgan fingerprint density at radius 1 is 1.50 bits per heavy atom. The molecule has 0 saturated carbocycles. The summed E-state index contributed by atoms with van der Waals surface area (Å²) in [5.74, 6) is 0.290. The van der Waals surface area contributed by atoms with Crippen LogP contribution in [0.15, 0.2) is 36.1 Å². The normalized spacial score (nSPS) is 10.8. The van der Waals surface area contributed by atoms with Crippen molar-refractivity contribution in [1.82, 2.24) is 14.4 Å². The van der Waals surface area contributed by atoms with E-state index in [0.29, 0.717) is 17.3 Å². The van der Waals surface area contributed by atoms with Crippen molar-refractivity contribution in [3.05, 3.63) is 51.8 Å². The van der Waals surface area contributed by atoms with Gasteiger partial charge >= 0.3 is 5.82 Å². The number of fused-ring (bicyclic) bond motifs is 1. The van der Waals surface area contributed by atoms with Crippen LogP contribution in [-0.4, -0.2) is 25.8 Å². The summed E-state index contributed by atoms with van der Waals surface area (Å²) >= 11 is 1.37. The monoisotopic (exact) mass is 289 g/mol. The van der Waals surface area contributed by atoms with Crippen molar-refractivity contribution in [3.8, 4) is 0 Å². The van der Waals surface area contributed by atoms with E-state index in [1.54, 1.807) is 24.0 Å². The van der Waals surface area contributed by atoms with Gasteiger partial charge in [-0.25, -0.2) is 0 Å². The second kappa shape index (κ2) is 5.25. The van der Waals surface area contributed by atoms with Crippen LogP contribution in [0.1, 0.15) is 5.56 Å². The minimum atomic E-state index is -0.418. The van der Waals surface area contributed by atoms with E-state index in [1.807, 2.05) is 12.1 Å². The highest BCUT2D eigenvalue weighted by Gasteiger charge is 2.22. The lowest BCUT2D eigenvalue weighted by atomic mass is 10.2. The Morgan fingerprint density at radius 2 is 2.40 bits per heavy atom. The number of anilines is 1. The van der Waals surface area contributed by atoms with Crippen molar-refractivity contribution in [2.24, 2.45) is 0 Å². The number of aromatic nitrogens is 3. The molecule has 3 rings (SSSR count). The Bertz CT molecular complexity index is 737. The summed E-state index contributed by atoms with van der Waals surface area (Å²) in [5.41, 5.74) is 1.07. The molecule has 1 N–H and O–H groups in total. The summed E-state index contributed by atoms with van der Waals surface area (Å²) in [4.78, 5) is 19.6. The third-order valence-corrected chi connectivity index (χ3v) is 3.60. The number of hydrogen-bond donors (Lipinski definition) is 1. The van der Waals surface area contributed by atoms with Crippen molar-refractivity contribution < 1.29 is 4.92 Å². The third kappa shape index (κ3) is 2.32. The van der Waals surface area contributed by atoms with Crippen LogP contribution in [0.4, 0.5) is 11.6 Å². The zero-order valence-electron chi connectivity index (χ0n) is 10.4. The first-order valence-electron chi connectivity index (χ1n) is 5.98. The smallest absolute Gasteiger partial charge is 0.363 e. The van der Waals surface area contributed by atoms with Crippen LogP contribution in [0.5, 0.6) is 0 Å². The number of imidazole rings is 1. The molecule has 0 aromatic carbocycles. The summed E-state index contributed by atoms with van der Waals surface area (Å²) in [6.07, 6.45) is 5.88. The Balaban J connectivity index is 1.75. The van der Waals surface area contributed by atoms with Gasteiger partial charge in [0, 0.05) is 24.3 Å². The lowest BCUT2D eigenvalue weighted by Gasteiger charge is -2.03. The fraction of sp³-hybridized carbons (Fsp3) is 0.167. The van der Waals surface area contributed by atoms with Gasteiger partial charge in [-0.3, -0.25) is 4.98 Å². The Hall–Kier alpha value is -2.48.